The van der Waals surface area contributed by atoms with Crippen molar-refractivity contribution in [3.63, 3.8) is 0 Å². The second-order valence-corrected chi connectivity index (χ2v) is 5.75. The van der Waals surface area contributed by atoms with Gasteiger partial charge in [-0.1, -0.05) is 0 Å². The van der Waals surface area contributed by atoms with Crippen molar-refractivity contribution in [3.05, 3.63) is 0 Å². The molecule has 114 valence electrons. The predicted octanol–water partition coefficient (Wildman–Crippen LogP) is 4.04. The third-order valence-corrected chi connectivity index (χ3v) is 3.32. The van der Waals surface area contributed by atoms with Crippen LogP contribution in [0.5, 0.6) is 0 Å². The van der Waals surface area contributed by atoms with Crippen LogP contribution in [0.2, 0.25) is 0 Å². The molecule has 0 aliphatic rings. The maximum absolute atomic E-state index is 12.6. The average molecular weight is 308 g/mol. The van der Waals surface area contributed by atoms with Gasteiger partial charge in [0.05, 0.1) is 11.4 Å². The van der Waals surface area contributed by atoms with Crippen molar-refractivity contribution < 1.29 is 31.5 Å². The fourth-order valence-electron chi connectivity index (χ4n) is 1.09. The Labute approximate surface area is 113 Å². The standard InChI is InChI=1S/C11H17F5O2S/c1-7(2)18-9(17)8(3)19-6-4-5-10(12,13)11(14,15)16/h7-8H,4-6H2,1-3H3. The molecule has 0 rings (SSSR count). The zero-order chi connectivity index (χ0) is 15.3. The number of hydrogen-bond acceptors (Lipinski definition) is 3. The quantitative estimate of drug-likeness (QED) is 0.403. The molecular formula is C11H17F5O2S. The van der Waals surface area contributed by atoms with Crippen molar-refractivity contribution in [3.8, 4) is 0 Å². The van der Waals surface area contributed by atoms with Gasteiger partial charge in [-0.3, -0.25) is 4.79 Å². The Morgan fingerprint density at radius 1 is 1.16 bits per heavy atom. The van der Waals surface area contributed by atoms with E-state index in [9.17, 15) is 26.7 Å². The smallest absolute Gasteiger partial charge is 0.453 e. The van der Waals surface area contributed by atoms with Crippen LogP contribution in [0, 0.1) is 0 Å². The van der Waals surface area contributed by atoms with Crippen molar-refractivity contribution in [2.24, 2.45) is 0 Å². The predicted molar refractivity (Wildman–Crippen MR) is 63.4 cm³/mol. The van der Waals surface area contributed by atoms with Gasteiger partial charge in [-0.25, -0.2) is 0 Å². The first-order valence-corrected chi connectivity index (χ1v) is 6.79. The molecule has 0 saturated carbocycles. The number of esters is 1. The molecule has 0 saturated heterocycles. The summed E-state index contributed by atoms with van der Waals surface area (Å²) in [6.07, 6.45) is -7.39. The van der Waals surface area contributed by atoms with Gasteiger partial charge in [-0.15, -0.1) is 11.8 Å². The highest BCUT2D eigenvalue weighted by Gasteiger charge is 2.56. The van der Waals surface area contributed by atoms with Crippen LogP contribution in [0.3, 0.4) is 0 Å². The van der Waals surface area contributed by atoms with Crippen LogP contribution in [0.4, 0.5) is 22.0 Å². The molecule has 0 radical (unpaired) electrons. The molecule has 2 nitrogen and oxygen atoms in total. The second-order valence-electron chi connectivity index (χ2n) is 4.30. The maximum atomic E-state index is 12.6. The molecule has 0 aliphatic heterocycles. The van der Waals surface area contributed by atoms with Crippen molar-refractivity contribution in [2.75, 3.05) is 5.75 Å². The number of alkyl halides is 5. The molecule has 0 spiro atoms. The summed E-state index contributed by atoms with van der Waals surface area (Å²) in [6.45, 7) is 4.86. The summed E-state index contributed by atoms with van der Waals surface area (Å²) in [5, 5.41) is -0.582. The zero-order valence-electron chi connectivity index (χ0n) is 10.9. The summed E-state index contributed by atoms with van der Waals surface area (Å²) < 4.78 is 65.6. The van der Waals surface area contributed by atoms with E-state index in [2.05, 4.69) is 0 Å². The van der Waals surface area contributed by atoms with Crippen LogP contribution in [0.25, 0.3) is 0 Å². The van der Waals surface area contributed by atoms with E-state index >= 15 is 0 Å². The topological polar surface area (TPSA) is 26.3 Å². The first kappa shape index (κ1) is 18.5. The van der Waals surface area contributed by atoms with E-state index in [-0.39, 0.29) is 18.3 Å². The van der Waals surface area contributed by atoms with Crippen molar-refractivity contribution in [1.82, 2.24) is 0 Å². The van der Waals surface area contributed by atoms with E-state index in [1.807, 2.05) is 0 Å². The number of rotatable bonds is 7. The molecule has 1 unspecified atom stereocenters. The molecule has 0 heterocycles. The minimum absolute atomic E-state index is 0.0417. The van der Waals surface area contributed by atoms with Gasteiger partial charge in [0, 0.05) is 6.42 Å². The lowest BCUT2D eigenvalue weighted by Crippen LogP contribution is -2.36. The number of hydrogen-bond donors (Lipinski definition) is 0. The Morgan fingerprint density at radius 3 is 2.11 bits per heavy atom. The molecule has 0 aromatic rings. The highest BCUT2D eigenvalue weighted by Crippen LogP contribution is 2.39. The molecule has 0 aliphatic carbocycles. The summed E-state index contributed by atoms with van der Waals surface area (Å²) in [5.74, 6) is -5.13. The molecule has 0 aromatic carbocycles. The largest absolute Gasteiger partial charge is 0.462 e. The first-order chi connectivity index (χ1) is 8.47. The van der Waals surface area contributed by atoms with Gasteiger partial charge in [0.15, 0.2) is 0 Å². The maximum Gasteiger partial charge on any atom is 0.453 e. The molecule has 19 heavy (non-hydrogen) atoms. The Morgan fingerprint density at radius 2 is 1.68 bits per heavy atom. The Balaban J connectivity index is 3.96. The van der Waals surface area contributed by atoms with Gasteiger partial charge in [0.25, 0.3) is 0 Å². The fraction of sp³-hybridized carbons (Fsp3) is 0.909. The molecule has 0 bridgehead atoms. The number of ether oxygens (including phenoxy) is 1. The summed E-state index contributed by atoms with van der Waals surface area (Å²) >= 11 is 1.00. The highest BCUT2D eigenvalue weighted by molar-refractivity contribution is 8.00. The van der Waals surface area contributed by atoms with Crippen LogP contribution in [-0.4, -0.2) is 35.2 Å². The van der Waals surface area contributed by atoms with Gasteiger partial charge in [-0.05, 0) is 32.9 Å². The molecule has 1 atom stereocenters. The minimum Gasteiger partial charge on any atom is -0.462 e. The normalized spacial score (nSPS) is 14.6. The highest BCUT2D eigenvalue weighted by atomic mass is 32.2. The van der Waals surface area contributed by atoms with Gasteiger partial charge < -0.3 is 4.74 Å². The molecule has 0 amide bonds. The van der Waals surface area contributed by atoms with Gasteiger partial charge in [-0.2, -0.15) is 22.0 Å². The van der Waals surface area contributed by atoms with Crippen LogP contribution in [-0.2, 0) is 9.53 Å². The monoisotopic (exact) mass is 308 g/mol. The summed E-state index contributed by atoms with van der Waals surface area (Å²) in [7, 11) is 0. The third kappa shape index (κ3) is 6.98. The summed E-state index contributed by atoms with van der Waals surface area (Å²) in [6, 6.07) is 0. The Bertz CT molecular complexity index is 291. The molecule has 0 fully saturated rings. The number of thioether (sulfide) groups is 1. The zero-order valence-corrected chi connectivity index (χ0v) is 11.7. The van der Waals surface area contributed by atoms with E-state index in [0.29, 0.717) is 0 Å². The van der Waals surface area contributed by atoms with Crippen LogP contribution in [0.15, 0.2) is 0 Å². The van der Waals surface area contributed by atoms with E-state index in [0.717, 1.165) is 11.8 Å². The average Bonchev–Trinajstić information content (AvgIpc) is 2.21. The lowest BCUT2D eigenvalue weighted by atomic mass is 10.2. The van der Waals surface area contributed by atoms with E-state index in [1.54, 1.807) is 13.8 Å². The second kappa shape index (κ2) is 7.31. The molecule has 0 N–H and O–H groups in total. The Hall–Kier alpha value is -0.530. The summed E-state index contributed by atoms with van der Waals surface area (Å²) in [4.78, 5) is 11.3. The van der Waals surface area contributed by atoms with E-state index in [4.69, 9.17) is 4.74 Å². The first-order valence-electron chi connectivity index (χ1n) is 5.74. The van der Waals surface area contributed by atoms with Crippen LogP contribution < -0.4 is 0 Å². The molecular weight excluding hydrogens is 291 g/mol. The number of carbonyl (C=O) groups is 1. The van der Waals surface area contributed by atoms with E-state index in [1.165, 1.54) is 6.92 Å². The van der Waals surface area contributed by atoms with Gasteiger partial charge in [0.2, 0.25) is 0 Å². The van der Waals surface area contributed by atoms with Crippen molar-refractivity contribution in [1.29, 1.82) is 0 Å². The van der Waals surface area contributed by atoms with Crippen LogP contribution >= 0.6 is 11.8 Å². The van der Waals surface area contributed by atoms with Gasteiger partial charge >= 0.3 is 18.1 Å². The SMILES string of the molecule is CC(C)OC(=O)C(C)SCCCC(F)(F)C(F)(F)F. The van der Waals surface area contributed by atoms with E-state index < -0.39 is 29.7 Å². The lowest BCUT2D eigenvalue weighted by molar-refractivity contribution is -0.284. The lowest BCUT2D eigenvalue weighted by Gasteiger charge is -2.19. The number of carbonyl (C=O) groups excluding carboxylic acids is 1. The Kier molecular flexibility index (Phi) is 7.10. The van der Waals surface area contributed by atoms with Crippen LogP contribution in [0.1, 0.15) is 33.6 Å². The third-order valence-electron chi connectivity index (χ3n) is 2.10. The molecule has 8 heteroatoms. The van der Waals surface area contributed by atoms with Crippen molar-refractivity contribution >= 4 is 17.7 Å². The number of halogens is 5. The fourth-order valence-corrected chi connectivity index (χ4v) is 1.95. The minimum atomic E-state index is -5.51. The van der Waals surface area contributed by atoms with Crippen molar-refractivity contribution in [2.45, 2.75) is 57.1 Å². The molecule has 0 aromatic heterocycles. The van der Waals surface area contributed by atoms with Gasteiger partial charge in [0.1, 0.15) is 0 Å². The summed E-state index contributed by atoms with van der Waals surface area (Å²) in [5.41, 5.74) is 0.